The number of carbonyl (C=O) groups is 1. The van der Waals surface area contributed by atoms with Crippen LogP contribution in [0.25, 0.3) is 11.4 Å². The molecule has 0 fully saturated rings. The lowest BCUT2D eigenvalue weighted by molar-refractivity contribution is 0.0951. The van der Waals surface area contributed by atoms with E-state index in [0.29, 0.717) is 17.1 Å². The highest BCUT2D eigenvalue weighted by atomic mass is 35.5. The average Bonchev–Trinajstić information content (AvgIpc) is 3.30. The minimum atomic E-state index is -0.217. The highest BCUT2D eigenvalue weighted by Crippen LogP contribution is 2.20. The number of nitrogens with one attached hydrogen (secondary N) is 2. The lowest BCUT2D eigenvalue weighted by atomic mass is 10.1. The van der Waals surface area contributed by atoms with E-state index < -0.39 is 0 Å². The van der Waals surface area contributed by atoms with E-state index in [9.17, 15) is 4.79 Å². The van der Waals surface area contributed by atoms with Crippen LogP contribution in [-0.4, -0.2) is 20.7 Å². The van der Waals surface area contributed by atoms with Crippen LogP contribution in [0.2, 0.25) is 5.02 Å². The summed E-state index contributed by atoms with van der Waals surface area (Å²) in [6.07, 6.45) is 5.01. The van der Waals surface area contributed by atoms with E-state index in [-0.39, 0.29) is 5.91 Å². The number of hydrogen-bond donors (Lipinski definition) is 2. The number of hydrogen-bond acceptors (Lipinski definition) is 4. The molecule has 1 amide bonds. The van der Waals surface area contributed by atoms with Gasteiger partial charge in [-0.2, -0.15) is 5.10 Å². The molecule has 0 unspecified atom stereocenters. The lowest BCUT2D eigenvalue weighted by Gasteiger charge is -2.11. The number of halogens is 1. The molecular formula is C25H22ClN5O. The molecule has 32 heavy (non-hydrogen) atoms. The van der Waals surface area contributed by atoms with Gasteiger partial charge in [0.05, 0.1) is 29.3 Å². The molecule has 2 aromatic carbocycles. The molecule has 0 spiro atoms. The van der Waals surface area contributed by atoms with Crippen molar-refractivity contribution in [3.8, 4) is 5.69 Å². The summed E-state index contributed by atoms with van der Waals surface area (Å²) < 4.78 is 1.66. The Morgan fingerprint density at radius 3 is 2.69 bits per heavy atom. The molecular weight excluding hydrogens is 422 g/mol. The van der Waals surface area contributed by atoms with Crippen molar-refractivity contribution in [1.29, 1.82) is 0 Å². The van der Waals surface area contributed by atoms with Crippen LogP contribution in [0.4, 0.5) is 5.69 Å². The Labute approximate surface area is 191 Å². The minimum Gasteiger partial charge on any atom is -0.354 e. The Balaban J connectivity index is 1.44. The van der Waals surface area contributed by atoms with Crippen molar-refractivity contribution in [2.24, 2.45) is 0 Å². The van der Waals surface area contributed by atoms with Gasteiger partial charge in [-0.1, -0.05) is 48.5 Å². The van der Waals surface area contributed by atoms with Crippen LogP contribution in [0.15, 0.2) is 85.8 Å². The van der Waals surface area contributed by atoms with Crippen LogP contribution in [0.1, 0.15) is 27.2 Å². The number of amides is 1. The monoisotopic (exact) mass is 443 g/mol. The van der Waals surface area contributed by atoms with E-state index in [2.05, 4.69) is 27.3 Å². The number of carbonyl (C=O) groups excluding carboxylic acids is 1. The molecule has 0 aliphatic heterocycles. The third-order valence-corrected chi connectivity index (χ3v) is 5.28. The standard InChI is InChI=1S/C25H22ClN5O/c1-17-10-11-22(15-27-17)30-18(2)19-7-5-8-23(12-19)31-16-21(14-29-31)25(32)28-13-20-6-3-4-9-24(20)26/h3-12,14-16,30H,2,13H2,1H3,(H,28,32). The fourth-order valence-corrected chi connectivity index (χ4v) is 3.33. The Morgan fingerprint density at radius 2 is 1.91 bits per heavy atom. The van der Waals surface area contributed by atoms with E-state index in [0.717, 1.165) is 33.9 Å². The topological polar surface area (TPSA) is 71.8 Å². The molecule has 0 saturated carbocycles. The largest absolute Gasteiger partial charge is 0.354 e. The molecule has 2 heterocycles. The summed E-state index contributed by atoms with van der Waals surface area (Å²) in [6.45, 7) is 6.42. The fraction of sp³-hybridized carbons (Fsp3) is 0.0800. The van der Waals surface area contributed by atoms with Crippen LogP contribution in [-0.2, 0) is 6.54 Å². The zero-order valence-electron chi connectivity index (χ0n) is 17.5. The van der Waals surface area contributed by atoms with Crippen LogP contribution >= 0.6 is 11.6 Å². The quantitative estimate of drug-likeness (QED) is 0.409. The first-order valence-electron chi connectivity index (χ1n) is 10.1. The zero-order valence-corrected chi connectivity index (χ0v) is 18.3. The van der Waals surface area contributed by atoms with Gasteiger partial charge in [0.2, 0.25) is 0 Å². The van der Waals surface area contributed by atoms with Crippen LogP contribution in [0, 0.1) is 6.92 Å². The predicted molar refractivity (Wildman–Crippen MR) is 128 cm³/mol. The first-order chi connectivity index (χ1) is 15.5. The third-order valence-electron chi connectivity index (χ3n) is 4.91. The van der Waals surface area contributed by atoms with E-state index in [4.69, 9.17) is 11.6 Å². The second-order valence-corrected chi connectivity index (χ2v) is 7.70. The Hall–Kier alpha value is -3.90. The summed E-state index contributed by atoms with van der Waals surface area (Å²) in [7, 11) is 0. The number of rotatable bonds is 7. The van der Waals surface area contributed by atoms with Crippen molar-refractivity contribution >= 4 is 28.9 Å². The zero-order chi connectivity index (χ0) is 22.5. The summed E-state index contributed by atoms with van der Waals surface area (Å²) in [4.78, 5) is 16.8. The molecule has 0 radical (unpaired) electrons. The van der Waals surface area contributed by atoms with Gasteiger partial charge in [0.1, 0.15) is 0 Å². The molecule has 0 saturated heterocycles. The van der Waals surface area contributed by atoms with Crippen molar-refractivity contribution in [2.75, 3.05) is 5.32 Å². The van der Waals surface area contributed by atoms with Gasteiger partial charge in [-0.3, -0.25) is 9.78 Å². The van der Waals surface area contributed by atoms with Crippen LogP contribution < -0.4 is 10.6 Å². The van der Waals surface area contributed by atoms with Crippen molar-refractivity contribution in [3.05, 3.63) is 113 Å². The molecule has 4 rings (SSSR count). The van der Waals surface area contributed by atoms with E-state index in [1.807, 2.05) is 61.5 Å². The molecule has 6 nitrogen and oxygen atoms in total. The summed E-state index contributed by atoms with van der Waals surface area (Å²) in [5.41, 5.74) is 5.60. The highest BCUT2D eigenvalue weighted by molar-refractivity contribution is 6.31. The lowest BCUT2D eigenvalue weighted by Crippen LogP contribution is -2.22. The number of pyridine rings is 1. The van der Waals surface area contributed by atoms with E-state index in [1.165, 1.54) is 0 Å². The maximum absolute atomic E-state index is 12.5. The van der Waals surface area contributed by atoms with Crippen molar-refractivity contribution in [3.63, 3.8) is 0 Å². The summed E-state index contributed by atoms with van der Waals surface area (Å²) in [5, 5.41) is 11.1. The molecule has 0 bridgehead atoms. The second kappa shape index (κ2) is 9.49. The van der Waals surface area contributed by atoms with Gasteiger partial charge in [0.25, 0.3) is 5.91 Å². The number of aromatic nitrogens is 3. The van der Waals surface area contributed by atoms with Gasteiger partial charge in [-0.15, -0.1) is 0 Å². The van der Waals surface area contributed by atoms with E-state index >= 15 is 0 Å². The van der Waals surface area contributed by atoms with Crippen molar-refractivity contribution in [2.45, 2.75) is 13.5 Å². The molecule has 4 aromatic rings. The smallest absolute Gasteiger partial charge is 0.254 e. The van der Waals surface area contributed by atoms with Gasteiger partial charge >= 0.3 is 0 Å². The number of benzene rings is 2. The second-order valence-electron chi connectivity index (χ2n) is 7.29. The van der Waals surface area contributed by atoms with Crippen LogP contribution in [0.3, 0.4) is 0 Å². The van der Waals surface area contributed by atoms with Crippen molar-refractivity contribution < 1.29 is 4.79 Å². The maximum Gasteiger partial charge on any atom is 0.254 e. The highest BCUT2D eigenvalue weighted by Gasteiger charge is 2.11. The van der Waals surface area contributed by atoms with E-state index in [1.54, 1.807) is 29.3 Å². The average molecular weight is 444 g/mol. The number of aryl methyl sites for hydroxylation is 1. The minimum absolute atomic E-state index is 0.217. The first-order valence-corrected chi connectivity index (χ1v) is 10.4. The Bertz CT molecular complexity index is 1260. The predicted octanol–water partition coefficient (Wildman–Crippen LogP) is 5.24. The van der Waals surface area contributed by atoms with Crippen LogP contribution in [0.5, 0.6) is 0 Å². The van der Waals surface area contributed by atoms with Gasteiger partial charge in [-0.05, 0) is 48.4 Å². The summed E-state index contributed by atoms with van der Waals surface area (Å²) >= 11 is 6.15. The van der Waals surface area contributed by atoms with Gasteiger partial charge < -0.3 is 10.6 Å². The number of nitrogens with zero attached hydrogens (tertiary/aromatic N) is 3. The number of anilines is 1. The fourth-order valence-electron chi connectivity index (χ4n) is 3.12. The van der Waals surface area contributed by atoms with Gasteiger partial charge in [0.15, 0.2) is 0 Å². The molecule has 160 valence electrons. The Morgan fingerprint density at radius 1 is 1.06 bits per heavy atom. The molecule has 7 heteroatoms. The first kappa shape index (κ1) is 21.3. The summed E-state index contributed by atoms with van der Waals surface area (Å²) in [5.74, 6) is -0.217. The van der Waals surface area contributed by atoms with Gasteiger partial charge in [0, 0.05) is 29.2 Å². The Kier molecular flexibility index (Phi) is 6.33. The molecule has 0 atom stereocenters. The third kappa shape index (κ3) is 5.04. The van der Waals surface area contributed by atoms with Crippen molar-refractivity contribution in [1.82, 2.24) is 20.1 Å². The molecule has 0 aliphatic carbocycles. The SMILES string of the molecule is C=C(Nc1ccc(C)nc1)c1cccc(-n2cc(C(=O)NCc3ccccc3Cl)cn2)c1. The summed E-state index contributed by atoms with van der Waals surface area (Å²) in [6, 6.07) is 19.1. The van der Waals surface area contributed by atoms with Gasteiger partial charge in [-0.25, -0.2) is 4.68 Å². The maximum atomic E-state index is 12.5. The molecule has 2 N–H and O–H groups in total. The molecule has 2 aromatic heterocycles. The molecule has 0 aliphatic rings. The normalized spacial score (nSPS) is 10.6.